The van der Waals surface area contributed by atoms with Crippen LogP contribution in [-0.4, -0.2) is 11.7 Å². The van der Waals surface area contributed by atoms with Gasteiger partial charge in [0, 0.05) is 0 Å². The van der Waals surface area contributed by atoms with E-state index >= 15 is 0 Å². The first-order valence-corrected chi connectivity index (χ1v) is 25.3. The molecule has 27 heavy (non-hydrogen) atoms. The van der Waals surface area contributed by atoms with Crippen molar-refractivity contribution in [3.63, 3.8) is 0 Å². The van der Waals surface area contributed by atoms with Crippen LogP contribution in [0.15, 0.2) is 0 Å². The van der Waals surface area contributed by atoms with Crippen molar-refractivity contribution in [2.45, 2.75) is 109 Å². The van der Waals surface area contributed by atoms with Gasteiger partial charge in [-0.1, -0.05) is 0 Å². The van der Waals surface area contributed by atoms with Crippen molar-refractivity contribution in [2.24, 2.45) is 5.41 Å². The number of hydrogen-bond acceptors (Lipinski definition) is 1. The molecule has 0 radical (unpaired) electrons. The van der Waals surface area contributed by atoms with Gasteiger partial charge in [-0.05, 0) is 0 Å². The van der Waals surface area contributed by atoms with E-state index in [4.69, 9.17) is 0 Å². The summed E-state index contributed by atoms with van der Waals surface area (Å²) in [5.41, 5.74) is 0.615. The summed E-state index contributed by atoms with van der Waals surface area (Å²) in [6.45, 7) is -2.89. The number of aliphatic hydroxyl groups excluding tert-OH is 1. The second-order valence-electron chi connectivity index (χ2n) is 21.0. The van der Waals surface area contributed by atoms with Crippen molar-refractivity contribution in [2.75, 3.05) is 6.61 Å². The van der Waals surface area contributed by atoms with Crippen LogP contribution < -0.4 is 0 Å². The van der Waals surface area contributed by atoms with Gasteiger partial charge >= 0.3 is 139 Å². The van der Waals surface area contributed by atoms with Gasteiger partial charge in [0.05, 0.1) is 0 Å². The van der Waals surface area contributed by atoms with Gasteiger partial charge in [0.25, 0.3) is 0 Å². The van der Waals surface area contributed by atoms with Gasteiger partial charge < -0.3 is 0 Å². The molecule has 8 unspecified atom stereocenters. The first-order chi connectivity index (χ1) is 12.7. The monoisotopic (exact) mass is 442 g/mol. The molecule has 8 atom stereocenters. The predicted octanol–water partition coefficient (Wildman–Crippen LogP) is 6.89. The van der Waals surface area contributed by atoms with Crippen molar-refractivity contribution >= 4 is 0 Å². The Labute approximate surface area is 138 Å². The molecule has 0 aliphatic carbocycles. The summed E-state index contributed by atoms with van der Waals surface area (Å²) in [5, 5.41) is 11.7. The molecule has 20 heterocycles. The van der Waals surface area contributed by atoms with Crippen LogP contribution in [0.3, 0.4) is 0 Å². The standard InChI is InChI=1S/C14H16O.2C5H5.2Fe/c1-2-14(11-15,12-7-3-4-8-12)13-9-5-6-10-13;2*1-2-4-5-3-1;;/h3-10,15H,2,11H2,1H3;2*1-5H;;. The van der Waals surface area contributed by atoms with Crippen LogP contribution in [0.2, 0.25) is 95.3 Å². The number of hydrogen-bond donors (Lipinski definition) is 1. The fraction of sp³-hybridized carbons (Fsp3) is 1.00. The summed E-state index contributed by atoms with van der Waals surface area (Å²) in [5.74, 6) is 0. The van der Waals surface area contributed by atoms with Crippen LogP contribution in [0.5, 0.6) is 0 Å². The summed E-state index contributed by atoms with van der Waals surface area (Å²) in [4.78, 5) is 26.4. The number of rotatable bonds is 4. The second kappa shape index (κ2) is 0.670. The van der Waals surface area contributed by atoms with E-state index in [1.807, 2.05) is 0 Å². The minimum absolute atomic E-state index is 0.615. The summed E-state index contributed by atoms with van der Waals surface area (Å²) in [6.07, 6.45) is 1.50. The van der Waals surface area contributed by atoms with E-state index in [0.29, 0.717) is 5.41 Å². The van der Waals surface area contributed by atoms with Crippen molar-refractivity contribution in [1.29, 1.82) is 0 Å². The van der Waals surface area contributed by atoms with Crippen LogP contribution in [-0.2, 0) is 13.0 Å². The molecular formula is C24H26Fe2O. The number of fused-ring (bicyclic) bond motifs is 20. The Morgan fingerprint density at radius 2 is 0.889 bits per heavy atom. The Hall–Kier alpha value is 0.999. The van der Waals surface area contributed by atoms with Crippen LogP contribution in [0.25, 0.3) is 0 Å². The van der Waals surface area contributed by atoms with Crippen LogP contribution in [0, 0.1) is 5.41 Å². The Kier molecular flexibility index (Phi) is 0.229. The second-order valence-corrected chi connectivity index (χ2v) is 68.1. The quantitative estimate of drug-likeness (QED) is 0.470. The normalized spacial score (nSPS) is 150. The molecular weight excluding hydrogens is 416 g/mol. The van der Waals surface area contributed by atoms with E-state index < -0.39 is 13.0 Å². The molecule has 1 nitrogen and oxygen atoms in total. The van der Waals surface area contributed by atoms with Crippen molar-refractivity contribution in [1.82, 2.24) is 0 Å². The maximum atomic E-state index is 11.7. The first kappa shape index (κ1) is 9.24. The molecule has 0 aromatic rings. The molecule has 0 amide bonds. The Bertz CT molecular complexity index is 1790. The summed E-state index contributed by atoms with van der Waals surface area (Å²) >= 11 is 0. The molecule has 20 fully saturated rings. The van der Waals surface area contributed by atoms with Gasteiger partial charge in [-0.15, -0.1) is 0 Å². The average Bonchev–Trinajstić information content (AvgIpc) is 3.58. The van der Waals surface area contributed by atoms with Gasteiger partial charge in [-0.25, -0.2) is 0 Å². The minimum atomic E-state index is -3.16. The molecule has 20 aliphatic heterocycles. The zero-order chi connectivity index (χ0) is 15.9. The molecule has 20 rings (SSSR count). The molecule has 0 bridgehead atoms. The van der Waals surface area contributed by atoms with Gasteiger partial charge in [0.2, 0.25) is 0 Å². The fourth-order valence-electron chi connectivity index (χ4n) is 36.2. The summed E-state index contributed by atoms with van der Waals surface area (Å²) in [7, 11) is 0. The van der Waals surface area contributed by atoms with E-state index in [1.165, 1.54) is 93.1 Å². The van der Waals surface area contributed by atoms with Gasteiger partial charge in [0.15, 0.2) is 0 Å². The first-order valence-electron chi connectivity index (χ1n) is 12.7. The maximum absolute atomic E-state index is 11.7. The van der Waals surface area contributed by atoms with Gasteiger partial charge in [0.1, 0.15) is 0 Å². The topological polar surface area (TPSA) is 20.2 Å². The molecule has 20 aliphatic rings. The van der Waals surface area contributed by atoms with Gasteiger partial charge in [-0.3, -0.25) is 0 Å². The molecule has 20 saturated heterocycles. The van der Waals surface area contributed by atoms with Crippen LogP contribution >= 0.6 is 0 Å². The van der Waals surface area contributed by atoms with E-state index in [2.05, 4.69) is 6.92 Å². The summed E-state index contributed by atoms with van der Waals surface area (Å²) < 4.78 is 2.01. The van der Waals surface area contributed by atoms with Crippen molar-refractivity contribution in [3.8, 4) is 0 Å². The van der Waals surface area contributed by atoms with E-state index in [9.17, 15) is 5.11 Å². The third kappa shape index (κ3) is 0.0830. The Morgan fingerprint density at radius 1 is 0.593 bits per heavy atom. The van der Waals surface area contributed by atoms with Crippen molar-refractivity contribution < 1.29 is 18.1 Å². The van der Waals surface area contributed by atoms with E-state index in [0.717, 1.165) is 15.2 Å². The van der Waals surface area contributed by atoms with Crippen LogP contribution in [0.1, 0.15) is 13.3 Å². The van der Waals surface area contributed by atoms with E-state index in [1.54, 1.807) is 0 Å². The third-order valence-electron chi connectivity index (χ3n) is 31.7. The zero-order valence-electron chi connectivity index (χ0n) is 15.5. The molecule has 0 saturated carbocycles. The Balaban J connectivity index is 1.18. The number of aliphatic hydroxyl groups is 1. The average molecular weight is 442 g/mol. The predicted molar refractivity (Wildman–Crippen MR) is 92.7 cm³/mol. The van der Waals surface area contributed by atoms with E-state index in [-0.39, 0.29) is 0 Å². The van der Waals surface area contributed by atoms with Crippen molar-refractivity contribution in [3.05, 3.63) is 0 Å². The Morgan fingerprint density at radius 3 is 1.00 bits per heavy atom. The molecule has 144 valence electrons. The molecule has 3 heteroatoms. The zero-order valence-corrected chi connectivity index (χ0v) is 17.7. The summed E-state index contributed by atoms with van der Waals surface area (Å²) in [6, 6.07) is 0. The third-order valence-corrected chi connectivity index (χ3v) is 117. The molecule has 1 N–H and O–H groups in total. The van der Waals surface area contributed by atoms with Gasteiger partial charge in [-0.2, -0.15) is 0 Å². The molecule has 0 aromatic heterocycles. The molecule has 0 aromatic carbocycles. The molecule has 2 spiro atoms. The SMILES string of the molecule is CCC(CO)([C]12[CH]3[CH]4[CH]5[CH]1[Fe]45321678[CH]2[CH]1[CH]6[CH]7[CH]28)[C]12[CH]3[CH]4[CH]5[CH]1[Fe]45321678[CH]2[CH]1[CH]6[CH]7[CH]28. The van der Waals surface area contributed by atoms with Crippen LogP contribution in [0.4, 0.5) is 0 Å². The fourth-order valence-corrected chi connectivity index (χ4v) is 188.